The number of rotatable bonds is 5. The highest BCUT2D eigenvalue weighted by atomic mass is 35.5. The molecule has 0 heterocycles. The van der Waals surface area contributed by atoms with Gasteiger partial charge in [0.05, 0.1) is 5.56 Å². The van der Waals surface area contributed by atoms with Gasteiger partial charge < -0.3 is 5.73 Å². The fourth-order valence-corrected chi connectivity index (χ4v) is 1.87. The van der Waals surface area contributed by atoms with E-state index in [-0.39, 0.29) is 18.0 Å². The summed E-state index contributed by atoms with van der Waals surface area (Å²) in [6, 6.07) is 1.96. The predicted molar refractivity (Wildman–Crippen MR) is 69.7 cm³/mol. The summed E-state index contributed by atoms with van der Waals surface area (Å²) in [5.41, 5.74) is 4.77. The van der Waals surface area contributed by atoms with E-state index in [1.54, 1.807) is 0 Å². The van der Waals surface area contributed by atoms with Gasteiger partial charge >= 0.3 is 6.18 Å². The molecule has 0 spiro atoms. The summed E-state index contributed by atoms with van der Waals surface area (Å²) in [4.78, 5) is 0. The summed E-state index contributed by atoms with van der Waals surface area (Å²) in [5.74, 6) is -0.896. The van der Waals surface area contributed by atoms with Gasteiger partial charge in [0.25, 0.3) is 0 Å². The number of hydrogen-bond acceptors (Lipinski definition) is 1. The normalized spacial score (nSPS) is 12.9. The Morgan fingerprint density at radius 3 is 2.37 bits per heavy atom. The summed E-state index contributed by atoms with van der Waals surface area (Å²) < 4.78 is 51.2. The van der Waals surface area contributed by atoms with Crippen molar-refractivity contribution in [3.63, 3.8) is 0 Å². The van der Waals surface area contributed by atoms with Crippen LogP contribution in [0.15, 0.2) is 18.2 Å². The van der Waals surface area contributed by atoms with Crippen LogP contribution in [0.1, 0.15) is 49.8 Å². The third kappa shape index (κ3) is 5.37. The topological polar surface area (TPSA) is 26.0 Å². The van der Waals surface area contributed by atoms with Crippen molar-refractivity contribution in [3.05, 3.63) is 35.1 Å². The predicted octanol–water partition coefficient (Wildman–Crippen LogP) is 4.85. The Morgan fingerprint density at radius 1 is 1.21 bits per heavy atom. The third-order valence-electron chi connectivity index (χ3n) is 2.84. The molecule has 1 aromatic rings. The van der Waals surface area contributed by atoms with Crippen LogP contribution >= 0.6 is 12.4 Å². The van der Waals surface area contributed by atoms with Crippen LogP contribution in [-0.2, 0) is 6.18 Å². The van der Waals surface area contributed by atoms with Crippen LogP contribution < -0.4 is 5.73 Å². The van der Waals surface area contributed by atoms with E-state index in [0.717, 1.165) is 31.4 Å². The van der Waals surface area contributed by atoms with Gasteiger partial charge in [-0.05, 0) is 24.1 Å². The molecule has 0 aliphatic carbocycles. The van der Waals surface area contributed by atoms with Gasteiger partial charge in [0, 0.05) is 6.04 Å². The van der Waals surface area contributed by atoms with Crippen molar-refractivity contribution < 1.29 is 17.6 Å². The standard InChI is InChI=1S/C13H17F4N.ClH/c1-2-3-4-5-12(18)10-7-6-9(14)8-11(10)13(15,16)17;/h6-8,12H,2-5,18H2,1H3;1H/t12-;/m1./s1. The number of nitrogens with two attached hydrogens (primary N) is 1. The monoisotopic (exact) mass is 299 g/mol. The van der Waals surface area contributed by atoms with E-state index < -0.39 is 23.6 Å². The molecule has 0 aliphatic rings. The van der Waals surface area contributed by atoms with Crippen LogP contribution in [0.5, 0.6) is 0 Å². The van der Waals surface area contributed by atoms with E-state index in [4.69, 9.17) is 5.73 Å². The van der Waals surface area contributed by atoms with Gasteiger partial charge in [-0.3, -0.25) is 0 Å². The lowest BCUT2D eigenvalue weighted by molar-refractivity contribution is -0.138. The molecule has 0 unspecified atom stereocenters. The fourth-order valence-electron chi connectivity index (χ4n) is 1.87. The molecule has 0 bridgehead atoms. The highest BCUT2D eigenvalue weighted by Gasteiger charge is 2.34. The largest absolute Gasteiger partial charge is 0.416 e. The zero-order chi connectivity index (χ0) is 13.8. The number of unbranched alkanes of at least 4 members (excludes halogenated alkanes) is 2. The molecule has 0 aromatic heterocycles. The molecule has 0 fully saturated rings. The van der Waals surface area contributed by atoms with Gasteiger partial charge in [-0.2, -0.15) is 13.2 Å². The van der Waals surface area contributed by atoms with Crippen molar-refractivity contribution in [1.82, 2.24) is 0 Å². The molecule has 1 atom stereocenters. The first kappa shape index (κ1) is 18.2. The molecule has 0 saturated carbocycles. The van der Waals surface area contributed by atoms with Gasteiger partial charge in [-0.15, -0.1) is 12.4 Å². The summed E-state index contributed by atoms with van der Waals surface area (Å²) in [6.45, 7) is 2.00. The summed E-state index contributed by atoms with van der Waals surface area (Å²) in [5, 5.41) is 0. The molecule has 19 heavy (non-hydrogen) atoms. The Bertz CT molecular complexity index is 393. The van der Waals surface area contributed by atoms with Crippen LogP contribution in [-0.4, -0.2) is 0 Å². The molecule has 6 heteroatoms. The minimum absolute atomic E-state index is 0. The van der Waals surface area contributed by atoms with Gasteiger partial charge in [0.1, 0.15) is 5.82 Å². The van der Waals surface area contributed by atoms with Crippen LogP contribution in [0.3, 0.4) is 0 Å². The molecule has 1 rings (SSSR count). The van der Waals surface area contributed by atoms with Crippen molar-refractivity contribution >= 4 is 12.4 Å². The Labute approximate surface area is 116 Å². The maximum atomic E-state index is 12.9. The maximum absolute atomic E-state index is 12.9. The highest BCUT2D eigenvalue weighted by Crippen LogP contribution is 2.35. The number of hydrogen-bond donors (Lipinski definition) is 1. The first-order valence-corrected chi connectivity index (χ1v) is 5.98. The second-order valence-electron chi connectivity index (χ2n) is 4.33. The van der Waals surface area contributed by atoms with E-state index in [1.807, 2.05) is 6.92 Å². The molecule has 0 saturated heterocycles. The molecular weight excluding hydrogens is 282 g/mol. The Kier molecular flexibility index (Phi) is 7.37. The van der Waals surface area contributed by atoms with E-state index in [1.165, 1.54) is 0 Å². The lowest BCUT2D eigenvalue weighted by atomic mass is 9.96. The molecule has 0 aliphatic heterocycles. The average molecular weight is 300 g/mol. The average Bonchev–Trinajstić information content (AvgIpc) is 2.28. The molecule has 0 amide bonds. The summed E-state index contributed by atoms with van der Waals surface area (Å²) >= 11 is 0. The third-order valence-corrected chi connectivity index (χ3v) is 2.84. The SMILES string of the molecule is CCCCC[C@@H](N)c1ccc(F)cc1C(F)(F)F.Cl. The lowest BCUT2D eigenvalue weighted by Crippen LogP contribution is -2.17. The van der Waals surface area contributed by atoms with Gasteiger partial charge in [0.15, 0.2) is 0 Å². The number of alkyl halides is 3. The Balaban J connectivity index is 0.00000324. The molecule has 110 valence electrons. The first-order chi connectivity index (χ1) is 8.36. The van der Waals surface area contributed by atoms with Crippen LogP contribution in [0.25, 0.3) is 0 Å². The molecule has 0 radical (unpaired) electrons. The lowest BCUT2D eigenvalue weighted by Gasteiger charge is -2.18. The van der Waals surface area contributed by atoms with Crippen LogP contribution in [0, 0.1) is 5.82 Å². The zero-order valence-electron chi connectivity index (χ0n) is 10.6. The highest BCUT2D eigenvalue weighted by molar-refractivity contribution is 5.85. The minimum atomic E-state index is -4.57. The molecular formula is C13H18ClF4N. The Hall–Kier alpha value is -0.810. The Morgan fingerprint density at radius 2 is 1.84 bits per heavy atom. The summed E-state index contributed by atoms with van der Waals surface area (Å²) in [7, 11) is 0. The van der Waals surface area contributed by atoms with Gasteiger partial charge in [-0.1, -0.05) is 32.3 Å². The van der Waals surface area contributed by atoms with E-state index in [2.05, 4.69) is 0 Å². The fraction of sp³-hybridized carbons (Fsp3) is 0.538. The zero-order valence-corrected chi connectivity index (χ0v) is 11.5. The maximum Gasteiger partial charge on any atom is 0.416 e. The molecule has 2 N–H and O–H groups in total. The summed E-state index contributed by atoms with van der Waals surface area (Å²) in [6.07, 6.45) is -1.42. The van der Waals surface area contributed by atoms with Gasteiger partial charge in [0.2, 0.25) is 0 Å². The first-order valence-electron chi connectivity index (χ1n) is 5.98. The van der Waals surface area contributed by atoms with Crippen molar-refractivity contribution in [1.29, 1.82) is 0 Å². The number of benzene rings is 1. The second-order valence-corrected chi connectivity index (χ2v) is 4.33. The molecule has 1 nitrogen and oxygen atoms in total. The van der Waals surface area contributed by atoms with Crippen molar-refractivity contribution in [2.24, 2.45) is 5.73 Å². The second kappa shape index (κ2) is 7.70. The quantitative estimate of drug-likeness (QED) is 0.610. The van der Waals surface area contributed by atoms with E-state index >= 15 is 0 Å². The van der Waals surface area contributed by atoms with Crippen LogP contribution in [0.2, 0.25) is 0 Å². The van der Waals surface area contributed by atoms with Crippen molar-refractivity contribution in [3.8, 4) is 0 Å². The molecule has 1 aromatic carbocycles. The van der Waals surface area contributed by atoms with E-state index in [9.17, 15) is 17.6 Å². The van der Waals surface area contributed by atoms with Crippen LogP contribution in [0.4, 0.5) is 17.6 Å². The van der Waals surface area contributed by atoms with Crippen molar-refractivity contribution in [2.75, 3.05) is 0 Å². The number of halogens is 5. The minimum Gasteiger partial charge on any atom is -0.324 e. The smallest absolute Gasteiger partial charge is 0.324 e. The van der Waals surface area contributed by atoms with E-state index in [0.29, 0.717) is 12.5 Å². The van der Waals surface area contributed by atoms with Gasteiger partial charge in [-0.25, -0.2) is 4.39 Å². The van der Waals surface area contributed by atoms with Crippen molar-refractivity contribution in [2.45, 2.75) is 44.8 Å².